The zero-order chi connectivity index (χ0) is 13.1. The summed E-state index contributed by atoms with van der Waals surface area (Å²) in [5.74, 6) is 1.90. The van der Waals surface area contributed by atoms with Gasteiger partial charge in [-0.15, -0.1) is 0 Å². The van der Waals surface area contributed by atoms with E-state index >= 15 is 0 Å². The molecule has 0 spiro atoms. The van der Waals surface area contributed by atoms with E-state index in [1.807, 2.05) is 0 Å². The van der Waals surface area contributed by atoms with Crippen LogP contribution >= 0.6 is 0 Å². The highest BCUT2D eigenvalue weighted by molar-refractivity contribution is 4.82. The largest absolute Gasteiger partial charge is 0.393 e. The molecular formula is C14H28O3. The standard InChI is InChI=1S/C14H28O3/c1-10(2)12-6-5-11(3)7-13(12)17-9-14(4,16)8-15/h10-13,15-16H,5-9H2,1-4H3/t11-,12-,13+,14+/m0/s1. The highest BCUT2D eigenvalue weighted by Gasteiger charge is 2.33. The van der Waals surface area contributed by atoms with E-state index in [4.69, 9.17) is 9.84 Å². The van der Waals surface area contributed by atoms with E-state index in [1.54, 1.807) is 6.92 Å². The number of aliphatic hydroxyl groups excluding tert-OH is 1. The zero-order valence-corrected chi connectivity index (χ0v) is 11.6. The van der Waals surface area contributed by atoms with Crippen molar-refractivity contribution in [3.8, 4) is 0 Å². The molecule has 0 aromatic rings. The Balaban J connectivity index is 2.52. The molecule has 4 atom stereocenters. The second-order valence-electron chi connectivity index (χ2n) is 6.33. The van der Waals surface area contributed by atoms with Crippen molar-refractivity contribution < 1.29 is 14.9 Å². The predicted molar refractivity (Wildman–Crippen MR) is 68.8 cm³/mol. The van der Waals surface area contributed by atoms with Gasteiger partial charge in [0.25, 0.3) is 0 Å². The van der Waals surface area contributed by atoms with E-state index in [9.17, 15) is 5.11 Å². The summed E-state index contributed by atoms with van der Waals surface area (Å²) in [5, 5.41) is 18.8. The van der Waals surface area contributed by atoms with E-state index in [0.29, 0.717) is 17.8 Å². The van der Waals surface area contributed by atoms with Crippen molar-refractivity contribution in [2.75, 3.05) is 13.2 Å². The van der Waals surface area contributed by atoms with Gasteiger partial charge >= 0.3 is 0 Å². The van der Waals surface area contributed by atoms with Gasteiger partial charge in [0.1, 0.15) is 5.60 Å². The van der Waals surface area contributed by atoms with Crippen LogP contribution in [-0.4, -0.2) is 35.1 Å². The molecule has 0 aliphatic heterocycles. The Labute approximate surface area is 105 Å². The van der Waals surface area contributed by atoms with Gasteiger partial charge in [0, 0.05) is 0 Å². The minimum atomic E-state index is -1.11. The molecule has 3 heteroatoms. The second-order valence-corrected chi connectivity index (χ2v) is 6.33. The third-order valence-electron chi connectivity index (χ3n) is 3.91. The molecule has 0 heterocycles. The van der Waals surface area contributed by atoms with Crippen LogP contribution in [0.25, 0.3) is 0 Å². The van der Waals surface area contributed by atoms with Crippen molar-refractivity contribution in [1.82, 2.24) is 0 Å². The lowest BCUT2D eigenvalue weighted by Gasteiger charge is -2.38. The molecule has 0 amide bonds. The molecule has 1 saturated carbocycles. The summed E-state index contributed by atoms with van der Waals surface area (Å²) in [7, 11) is 0. The van der Waals surface area contributed by atoms with Crippen LogP contribution in [0.4, 0.5) is 0 Å². The molecule has 0 saturated heterocycles. The van der Waals surface area contributed by atoms with Crippen LogP contribution in [0.2, 0.25) is 0 Å². The first-order valence-corrected chi connectivity index (χ1v) is 6.80. The van der Waals surface area contributed by atoms with Crippen LogP contribution in [0, 0.1) is 17.8 Å². The lowest BCUT2D eigenvalue weighted by atomic mass is 9.75. The molecule has 1 aliphatic rings. The molecular weight excluding hydrogens is 216 g/mol. The van der Waals surface area contributed by atoms with E-state index in [-0.39, 0.29) is 19.3 Å². The van der Waals surface area contributed by atoms with Gasteiger partial charge in [0.2, 0.25) is 0 Å². The lowest BCUT2D eigenvalue weighted by molar-refractivity contribution is -0.116. The van der Waals surface area contributed by atoms with Gasteiger partial charge in [0.15, 0.2) is 0 Å². The van der Waals surface area contributed by atoms with E-state index < -0.39 is 5.60 Å². The highest BCUT2D eigenvalue weighted by atomic mass is 16.5. The van der Waals surface area contributed by atoms with Crippen LogP contribution in [0.1, 0.15) is 47.0 Å². The molecule has 1 aliphatic carbocycles. The summed E-state index contributed by atoms with van der Waals surface area (Å²) < 4.78 is 5.87. The van der Waals surface area contributed by atoms with Gasteiger partial charge in [-0.25, -0.2) is 0 Å². The first kappa shape index (κ1) is 14.9. The van der Waals surface area contributed by atoms with Crippen molar-refractivity contribution in [1.29, 1.82) is 0 Å². The Hall–Kier alpha value is -0.120. The monoisotopic (exact) mass is 244 g/mol. The van der Waals surface area contributed by atoms with Crippen LogP contribution in [0.5, 0.6) is 0 Å². The SMILES string of the molecule is CC(C)[C@@H]1CC[C@H](C)C[C@H]1OC[C@](C)(O)CO. The van der Waals surface area contributed by atoms with E-state index in [2.05, 4.69) is 20.8 Å². The topological polar surface area (TPSA) is 49.7 Å². The Morgan fingerprint density at radius 1 is 1.35 bits per heavy atom. The number of rotatable bonds is 5. The molecule has 102 valence electrons. The van der Waals surface area contributed by atoms with Crippen LogP contribution < -0.4 is 0 Å². The van der Waals surface area contributed by atoms with E-state index in [1.165, 1.54) is 12.8 Å². The van der Waals surface area contributed by atoms with Gasteiger partial charge in [-0.1, -0.05) is 27.2 Å². The van der Waals surface area contributed by atoms with Gasteiger partial charge in [-0.2, -0.15) is 0 Å². The summed E-state index contributed by atoms with van der Waals surface area (Å²) >= 11 is 0. The van der Waals surface area contributed by atoms with Crippen LogP contribution in [-0.2, 0) is 4.74 Å². The van der Waals surface area contributed by atoms with Crippen molar-refractivity contribution in [2.45, 2.75) is 58.7 Å². The maximum Gasteiger partial charge on any atom is 0.108 e. The smallest absolute Gasteiger partial charge is 0.108 e. The average Bonchev–Trinajstić information content (AvgIpc) is 2.26. The Morgan fingerprint density at radius 2 is 2.00 bits per heavy atom. The first-order chi connectivity index (χ1) is 7.85. The van der Waals surface area contributed by atoms with Gasteiger partial charge in [-0.05, 0) is 37.5 Å². The minimum absolute atomic E-state index is 0.226. The normalized spacial score (nSPS) is 33.7. The van der Waals surface area contributed by atoms with Crippen molar-refractivity contribution in [2.24, 2.45) is 17.8 Å². The molecule has 0 aromatic heterocycles. The highest BCUT2D eigenvalue weighted by Crippen LogP contribution is 2.35. The molecule has 1 fully saturated rings. The molecule has 0 bridgehead atoms. The third kappa shape index (κ3) is 4.57. The minimum Gasteiger partial charge on any atom is -0.393 e. The summed E-state index contributed by atoms with van der Waals surface area (Å²) in [5.41, 5.74) is -1.11. The maximum absolute atomic E-state index is 9.77. The lowest BCUT2D eigenvalue weighted by Crippen LogP contribution is -2.41. The van der Waals surface area contributed by atoms with Crippen LogP contribution in [0.15, 0.2) is 0 Å². The molecule has 0 aromatic carbocycles. The van der Waals surface area contributed by atoms with Gasteiger partial charge in [0.05, 0.1) is 19.3 Å². The van der Waals surface area contributed by atoms with Crippen molar-refractivity contribution in [3.63, 3.8) is 0 Å². The summed E-state index contributed by atoms with van der Waals surface area (Å²) in [6.45, 7) is 8.33. The quantitative estimate of drug-likeness (QED) is 0.779. The Bertz CT molecular complexity index is 226. The molecule has 0 radical (unpaired) electrons. The van der Waals surface area contributed by atoms with Crippen LogP contribution in [0.3, 0.4) is 0 Å². The van der Waals surface area contributed by atoms with E-state index in [0.717, 1.165) is 6.42 Å². The van der Waals surface area contributed by atoms with Gasteiger partial charge < -0.3 is 14.9 Å². The first-order valence-electron chi connectivity index (χ1n) is 6.80. The average molecular weight is 244 g/mol. The van der Waals surface area contributed by atoms with Crippen molar-refractivity contribution >= 4 is 0 Å². The fourth-order valence-corrected chi connectivity index (χ4v) is 2.64. The number of ether oxygens (including phenoxy) is 1. The maximum atomic E-state index is 9.77. The predicted octanol–water partition coefficient (Wildman–Crippen LogP) is 2.21. The molecule has 0 unspecified atom stereocenters. The summed E-state index contributed by atoms with van der Waals surface area (Å²) in [4.78, 5) is 0. The van der Waals surface area contributed by atoms with Crippen molar-refractivity contribution in [3.05, 3.63) is 0 Å². The second kappa shape index (κ2) is 6.17. The fourth-order valence-electron chi connectivity index (χ4n) is 2.64. The Kier molecular flexibility index (Phi) is 5.42. The molecule has 3 nitrogen and oxygen atoms in total. The number of hydrogen-bond acceptors (Lipinski definition) is 3. The number of aliphatic hydroxyl groups is 2. The molecule has 17 heavy (non-hydrogen) atoms. The summed E-state index contributed by atoms with van der Waals surface area (Å²) in [6, 6.07) is 0. The third-order valence-corrected chi connectivity index (χ3v) is 3.91. The fraction of sp³-hybridized carbons (Fsp3) is 1.00. The molecule has 1 rings (SSSR count). The zero-order valence-electron chi connectivity index (χ0n) is 11.6. The molecule has 2 N–H and O–H groups in total. The summed E-state index contributed by atoms with van der Waals surface area (Å²) in [6.07, 6.45) is 3.80. The Morgan fingerprint density at radius 3 is 2.53 bits per heavy atom. The van der Waals surface area contributed by atoms with Gasteiger partial charge in [-0.3, -0.25) is 0 Å². The number of hydrogen-bond donors (Lipinski definition) is 2.